The van der Waals surface area contributed by atoms with Crippen molar-refractivity contribution in [2.45, 2.75) is 24.9 Å². The van der Waals surface area contributed by atoms with Crippen molar-refractivity contribution >= 4 is 5.91 Å². The van der Waals surface area contributed by atoms with Gasteiger partial charge in [0.15, 0.2) is 0 Å². The molecule has 0 radical (unpaired) electrons. The largest absolute Gasteiger partial charge is 0.336 e. The summed E-state index contributed by atoms with van der Waals surface area (Å²) in [4.78, 5) is 17.9. The Kier molecular flexibility index (Phi) is 1.68. The maximum Gasteiger partial charge on any atom is 0.224 e. The van der Waals surface area contributed by atoms with Crippen LogP contribution in [0.2, 0.25) is 0 Å². The number of aromatic nitrogens is 2. The molecule has 2 N–H and O–H groups in total. The predicted molar refractivity (Wildman–Crippen MR) is 54.0 cm³/mol. The molecule has 2 unspecified atom stereocenters. The molecule has 0 spiro atoms. The number of fused-ring (bicyclic) bond motifs is 3. The molecule has 80 valence electrons. The minimum absolute atomic E-state index is 0.0498. The number of carbonyl (C=O) groups is 1. The Bertz CT molecular complexity index is 425. The Labute approximate surface area is 87.9 Å². The maximum atomic E-state index is 11.7. The normalized spacial score (nSPS) is 29.2. The van der Waals surface area contributed by atoms with E-state index in [-0.39, 0.29) is 18.0 Å². The van der Waals surface area contributed by atoms with E-state index in [1.807, 2.05) is 22.8 Å². The Morgan fingerprint density at radius 2 is 2.40 bits per heavy atom. The van der Waals surface area contributed by atoms with Gasteiger partial charge in [0.25, 0.3) is 0 Å². The number of amides is 1. The number of carbonyl (C=O) groups excluding carboxylic acids is 1. The molecule has 3 heterocycles. The Morgan fingerprint density at radius 3 is 3.20 bits per heavy atom. The molecule has 0 aliphatic carbocycles. The van der Waals surface area contributed by atoms with Gasteiger partial charge in [0.2, 0.25) is 5.91 Å². The van der Waals surface area contributed by atoms with Crippen LogP contribution in [0.1, 0.15) is 23.9 Å². The van der Waals surface area contributed by atoms with Crippen LogP contribution in [0.3, 0.4) is 0 Å². The molecule has 1 amide bonds. The number of imidazole rings is 1. The highest BCUT2D eigenvalue weighted by Gasteiger charge is 2.43. The van der Waals surface area contributed by atoms with Crippen LogP contribution in [0.5, 0.6) is 0 Å². The summed E-state index contributed by atoms with van der Waals surface area (Å²) in [7, 11) is 1.96. The van der Waals surface area contributed by atoms with E-state index in [1.54, 1.807) is 0 Å². The van der Waals surface area contributed by atoms with Crippen LogP contribution in [0.15, 0.2) is 6.33 Å². The zero-order chi connectivity index (χ0) is 10.6. The van der Waals surface area contributed by atoms with Crippen molar-refractivity contribution in [2.24, 2.45) is 12.8 Å². The van der Waals surface area contributed by atoms with Crippen LogP contribution in [0.25, 0.3) is 0 Å². The molecule has 0 bridgehead atoms. The first kappa shape index (κ1) is 8.91. The SMILES string of the molecule is Cn1cnc2c1C1C(N)CC(=O)N1CC2. The molecule has 2 atom stereocenters. The van der Waals surface area contributed by atoms with Crippen molar-refractivity contribution in [1.29, 1.82) is 0 Å². The molecule has 5 heteroatoms. The molecule has 1 fully saturated rings. The molecule has 0 saturated carbocycles. The quantitative estimate of drug-likeness (QED) is 0.627. The second-order valence-corrected chi connectivity index (χ2v) is 4.34. The molecule has 1 aromatic heterocycles. The summed E-state index contributed by atoms with van der Waals surface area (Å²) in [6, 6.07) is -0.0271. The van der Waals surface area contributed by atoms with Gasteiger partial charge in [-0.15, -0.1) is 0 Å². The van der Waals surface area contributed by atoms with E-state index in [4.69, 9.17) is 5.73 Å². The highest BCUT2D eigenvalue weighted by molar-refractivity contribution is 5.80. The lowest BCUT2D eigenvalue weighted by atomic mass is 10.00. The van der Waals surface area contributed by atoms with E-state index in [1.165, 1.54) is 0 Å². The lowest BCUT2D eigenvalue weighted by Crippen LogP contribution is -2.39. The molecule has 1 aromatic rings. The number of aryl methyl sites for hydroxylation is 1. The van der Waals surface area contributed by atoms with Gasteiger partial charge in [0, 0.05) is 32.5 Å². The molecular formula is C10H14N4O. The van der Waals surface area contributed by atoms with Gasteiger partial charge < -0.3 is 15.2 Å². The van der Waals surface area contributed by atoms with Crippen molar-refractivity contribution in [3.8, 4) is 0 Å². The lowest BCUT2D eigenvalue weighted by molar-refractivity contribution is -0.129. The summed E-state index contributed by atoms with van der Waals surface area (Å²) < 4.78 is 1.99. The summed E-state index contributed by atoms with van der Waals surface area (Å²) in [6.45, 7) is 0.765. The standard InChI is InChI=1S/C10H14N4O/c1-13-5-12-7-2-3-14-8(15)4-6(11)9(14)10(7)13/h5-6,9H,2-4,11H2,1H3. The molecule has 5 nitrogen and oxygen atoms in total. The average molecular weight is 206 g/mol. The van der Waals surface area contributed by atoms with Crippen molar-refractivity contribution in [3.05, 3.63) is 17.7 Å². The van der Waals surface area contributed by atoms with Crippen molar-refractivity contribution in [3.63, 3.8) is 0 Å². The first-order valence-electron chi connectivity index (χ1n) is 5.23. The van der Waals surface area contributed by atoms with Crippen LogP contribution in [-0.2, 0) is 18.3 Å². The minimum Gasteiger partial charge on any atom is -0.336 e. The van der Waals surface area contributed by atoms with Gasteiger partial charge in [-0.25, -0.2) is 4.98 Å². The fraction of sp³-hybridized carbons (Fsp3) is 0.600. The van der Waals surface area contributed by atoms with Crippen molar-refractivity contribution in [2.75, 3.05) is 6.54 Å². The van der Waals surface area contributed by atoms with Crippen LogP contribution < -0.4 is 5.73 Å². The molecule has 1 saturated heterocycles. The number of nitrogens with two attached hydrogens (primary N) is 1. The molecule has 3 rings (SSSR count). The molecule has 2 aliphatic rings. The van der Waals surface area contributed by atoms with Gasteiger partial charge >= 0.3 is 0 Å². The summed E-state index contributed by atoms with van der Waals surface area (Å²) >= 11 is 0. The topological polar surface area (TPSA) is 64.2 Å². The predicted octanol–water partition coefficient (Wildman–Crippen LogP) is -0.423. The third-order valence-electron chi connectivity index (χ3n) is 3.40. The van der Waals surface area contributed by atoms with Crippen molar-refractivity contribution in [1.82, 2.24) is 14.5 Å². The number of rotatable bonds is 0. The van der Waals surface area contributed by atoms with Gasteiger partial charge in [-0.05, 0) is 0 Å². The van der Waals surface area contributed by atoms with Crippen molar-refractivity contribution < 1.29 is 4.79 Å². The zero-order valence-corrected chi connectivity index (χ0v) is 8.68. The molecule has 2 aliphatic heterocycles. The number of hydrogen-bond donors (Lipinski definition) is 1. The van der Waals surface area contributed by atoms with E-state index in [0.717, 1.165) is 24.4 Å². The Balaban J connectivity index is 2.12. The van der Waals surface area contributed by atoms with Gasteiger partial charge in [-0.1, -0.05) is 0 Å². The Morgan fingerprint density at radius 1 is 1.60 bits per heavy atom. The second kappa shape index (κ2) is 2.82. The van der Waals surface area contributed by atoms with E-state index in [9.17, 15) is 4.79 Å². The van der Waals surface area contributed by atoms with Gasteiger partial charge in [-0.3, -0.25) is 4.79 Å². The van der Waals surface area contributed by atoms with Gasteiger partial charge in [0.05, 0.1) is 23.8 Å². The number of hydrogen-bond acceptors (Lipinski definition) is 3. The highest BCUT2D eigenvalue weighted by atomic mass is 16.2. The molecular weight excluding hydrogens is 192 g/mol. The fourth-order valence-electron chi connectivity index (χ4n) is 2.72. The van der Waals surface area contributed by atoms with E-state index < -0.39 is 0 Å². The average Bonchev–Trinajstić information content (AvgIpc) is 2.70. The third kappa shape index (κ3) is 1.07. The van der Waals surface area contributed by atoms with Crippen LogP contribution in [0, 0.1) is 0 Å². The first-order valence-corrected chi connectivity index (χ1v) is 5.23. The van der Waals surface area contributed by atoms with E-state index in [2.05, 4.69) is 4.98 Å². The molecule has 15 heavy (non-hydrogen) atoms. The fourth-order valence-corrected chi connectivity index (χ4v) is 2.72. The summed E-state index contributed by atoms with van der Waals surface area (Å²) in [5, 5.41) is 0. The Hall–Kier alpha value is -1.36. The maximum absolute atomic E-state index is 11.7. The summed E-state index contributed by atoms with van der Waals surface area (Å²) in [5.41, 5.74) is 8.24. The molecule has 0 aromatic carbocycles. The smallest absolute Gasteiger partial charge is 0.224 e. The monoisotopic (exact) mass is 206 g/mol. The highest BCUT2D eigenvalue weighted by Crippen LogP contribution is 2.36. The van der Waals surface area contributed by atoms with Crippen LogP contribution in [0.4, 0.5) is 0 Å². The van der Waals surface area contributed by atoms with Gasteiger partial charge in [0.1, 0.15) is 0 Å². The van der Waals surface area contributed by atoms with Gasteiger partial charge in [-0.2, -0.15) is 0 Å². The first-order chi connectivity index (χ1) is 7.18. The van der Waals surface area contributed by atoms with Crippen LogP contribution >= 0.6 is 0 Å². The summed E-state index contributed by atoms with van der Waals surface area (Å²) in [5.74, 6) is 0.180. The number of nitrogens with zero attached hydrogens (tertiary/aromatic N) is 3. The zero-order valence-electron chi connectivity index (χ0n) is 8.68. The second-order valence-electron chi connectivity index (χ2n) is 4.34. The summed E-state index contributed by atoms with van der Waals surface area (Å²) in [6.07, 6.45) is 3.13. The van der Waals surface area contributed by atoms with E-state index >= 15 is 0 Å². The third-order valence-corrected chi connectivity index (χ3v) is 3.40. The minimum atomic E-state index is -0.0769. The van der Waals surface area contributed by atoms with E-state index in [0.29, 0.717) is 6.42 Å². The van der Waals surface area contributed by atoms with Crippen LogP contribution in [-0.4, -0.2) is 32.9 Å². The lowest BCUT2D eigenvalue weighted by Gasteiger charge is -2.31.